The van der Waals surface area contributed by atoms with E-state index in [0.29, 0.717) is 0 Å². The van der Waals surface area contributed by atoms with Crippen LogP contribution in [0.25, 0.3) is 0 Å². The first-order valence-corrected chi connectivity index (χ1v) is 6.27. The van der Waals surface area contributed by atoms with E-state index in [1.807, 2.05) is 0 Å². The Hall–Kier alpha value is -2.14. The number of methoxy groups -OCH3 is 2. The first-order valence-electron chi connectivity index (χ1n) is 5.89. The van der Waals surface area contributed by atoms with Gasteiger partial charge in [-0.1, -0.05) is 11.6 Å². The molecule has 0 N–H and O–H groups in total. The van der Waals surface area contributed by atoms with E-state index in [0.717, 1.165) is 12.1 Å². The van der Waals surface area contributed by atoms with Gasteiger partial charge in [0.25, 0.3) is 0 Å². The van der Waals surface area contributed by atoms with Crippen LogP contribution in [-0.4, -0.2) is 20.0 Å². The van der Waals surface area contributed by atoms with Gasteiger partial charge in [-0.3, -0.25) is 4.79 Å². The molecule has 0 atom stereocenters. The molecule has 2 aromatic carbocycles. The van der Waals surface area contributed by atoms with Crippen molar-refractivity contribution in [3.05, 3.63) is 58.1 Å². The highest BCUT2D eigenvalue weighted by Gasteiger charge is 2.21. The molecular formula is C15H11ClF2O3. The van der Waals surface area contributed by atoms with Gasteiger partial charge in [0, 0.05) is 11.1 Å². The number of ether oxygens (including phenoxy) is 2. The Morgan fingerprint density at radius 3 is 2.10 bits per heavy atom. The van der Waals surface area contributed by atoms with Crippen molar-refractivity contribution in [3.63, 3.8) is 0 Å². The second kappa shape index (κ2) is 6.10. The van der Waals surface area contributed by atoms with Crippen molar-refractivity contribution < 1.29 is 23.0 Å². The monoisotopic (exact) mass is 312 g/mol. The van der Waals surface area contributed by atoms with Crippen LogP contribution >= 0.6 is 11.6 Å². The van der Waals surface area contributed by atoms with Crippen LogP contribution in [0, 0.1) is 11.6 Å². The van der Waals surface area contributed by atoms with Crippen LogP contribution < -0.4 is 9.47 Å². The molecule has 0 aliphatic heterocycles. The zero-order chi connectivity index (χ0) is 15.6. The van der Waals surface area contributed by atoms with E-state index in [4.69, 9.17) is 21.1 Å². The minimum Gasteiger partial charge on any atom is -0.493 e. The van der Waals surface area contributed by atoms with Crippen LogP contribution in [0.4, 0.5) is 8.78 Å². The zero-order valence-corrected chi connectivity index (χ0v) is 12.0. The van der Waals surface area contributed by atoms with E-state index < -0.39 is 17.4 Å². The lowest BCUT2D eigenvalue weighted by Crippen LogP contribution is -2.08. The van der Waals surface area contributed by atoms with Gasteiger partial charge < -0.3 is 9.47 Å². The molecule has 0 spiro atoms. The van der Waals surface area contributed by atoms with Gasteiger partial charge in [-0.2, -0.15) is 0 Å². The number of carbonyl (C=O) groups excluding carboxylic acids is 1. The van der Waals surface area contributed by atoms with Crippen molar-refractivity contribution in [1.29, 1.82) is 0 Å². The van der Waals surface area contributed by atoms with Crippen molar-refractivity contribution in [2.24, 2.45) is 0 Å². The summed E-state index contributed by atoms with van der Waals surface area (Å²) in [6.45, 7) is 0. The average Bonchev–Trinajstić information content (AvgIpc) is 2.46. The molecule has 2 rings (SSSR count). The largest absolute Gasteiger partial charge is 0.493 e. The summed E-state index contributed by atoms with van der Waals surface area (Å²) in [5.74, 6) is -2.13. The predicted molar refractivity (Wildman–Crippen MR) is 74.3 cm³/mol. The molecular weight excluding hydrogens is 302 g/mol. The van der Waals surface area contributed by atoms with E-state index in [2.05, 4.69) is 0 Å². The Labute approximate surface area is 125 Å². The number of halogens is 3. The Balaban J connectivity index is 2.53. The lowest BCUT2D eigenvalue weighted by molar-refractivity contribution is 0.103. The Bertz CT molecular complexity index is 702. The molecule has 0 aliphatic rings. The predicted octanol–water partition coefficient (Wildman–Crippen LogP) is 3.87. The van der Waals surface area contributed by atoms with Gasteiger partial charge >= 0.3 is 0 Å². The second-order valence-electron chi connectivity index (χ2n) is 4.14. The van der Waals surface area contributed by atoms with Crippen LogP contribution in [0.15, 0.2) is 30.3 Å². The van der Waals surface area contributed by atoms with Gasteiger partial charge in [-0.25, -0.2) is 8.78 Å². The average molecular weight is 313 g/mol. The first kappa shape index (κ1) is 15.3. The molecule has 0 aromatic heterocycles. The van der Waals surface area contributed by atoms with E-state index in [-0.39, 0.29) is 27.6 Å². The van der Waals surface area contributed by atoms with Gasteiger partial charge in [0.15, 0.2) is 17.3 Å². The van der Waals surface area contributed by atoms with E-state index >= 15 is 0 Å². The van der Waals surface area contributed by atoms with Crippen molar-refractivity contribution in [3.8, 4) is 11.5 Å². The molecule has 0 saturated heterocycles. The smallest absolute Gasteiger partial charge is 0.199 e. The van der Waals surface area contributed by atoms with Gasteiger partial charge in [0.1, 0.15) is 11.6 Å². The zero-order valence-electron chi connectivity index (χ0n) is 11.2. The van der Waals surface area contributed by atoms with E-state index in [1.165, 1.54) is 32.4 Å². The molecule has 0 aliphatic carbocycles. The number of benzene rings is 2. The fourth-order valence-corrected chi connectivity index (χ4v) is 2.01. The van der Waals surface area contributed by atoms with E-state index in [1.54, 1.807) is 0 Å². The van der Waals surface area contributed by atoms with Gasteiger partial charge in [0.2, 0.25) is 0 Å². The second-order valence-corrected chi connectivity index (χ2v) is 4.58. The Morgan fingerprint density at radius 1 is 0.952 bits per heavy atom. The maximum Gasteiger partial charge on any atom is 0.199 e. The number of hydrogen-bond acceptors (Lipinski definition) is 3. The standard InChI is InChI=1S/C15H11ClF2O3/c1-20-13-6-10(12(18)7-14(13)21-2)15(19)9-4-3-8(16)5-11(9)17/h3-7H,1-2H3. The summed E-state index contributed by atoms with van der Waals surface area (Å²) in [6, 6.07) is 5.74. The molecule has 110 valence electrons. The molecule has 0 radical (unpaired) electrons. The lowest BCUT2D eigenvalue weighted by Gasteiger charge is -2.10. The molecule has 21 heavy (non-hydrogen) atoms. The number of ketones is 1. The minimum atomic E-state index is -0.827. The minimum absolute atomic E-state index is 0.142. The number of hydrogen-bond donors (Lipinski definition) is 0. The molecule has 0 bridgehead atoms. The summed E-state index contributed by atoms with van der Waals surface area (Å²) in [5.41, 5.74) is -0.584. The summed E-state index contributed by atoms with van der Waals surface area (Å²) >= 11 is 5.62. The maximum atomic E-state index is 14.0. The molecule has 0 saturated carbocycles. The Morgan fingerprint density at radius 2 is 1.52 bits per heavy atom. The quantitative estimate of drug-likeness (QED) is 0.804. The molecule has 0 heterocycles. The summed E-state index contributed by atoms with van der Waals surface area (Å²) in [7, 11) is 2.70. The van der Waals surface area contributed by atoms with Gasteiger partial charge in [-0.05, 0) is 24.3 Å². The third-order valence-electron chi connectivity index (χ3n) is 2.89. The fourth-order valence-electron chi connectivity index (χ4n) is 1.85. The highest BCUT2D eigenvalue weighted by Crippen LogP contribution is 2.31. The topological polar surface area (TPSA) is 35.5 Å². The molecule has 0 amide bonds. The van der Waals surface area contributed by atoms with Crippen molar-refractivity contribution in [2.75, 3.05) is 14.2 Å². The fraction of sp³-hybridized carbons (Fsp3) is 0.133. The van der Waals surface area contributed by atoms with Crippen LogP contribution in [0.1, 0.15) is 15.9 Å². The van der Waals surface area contributed by atoms with Crippen LogP contribution in [-0.2, 0) is 0 Å². The molecule has 2 aromatic rings. The van der Waals surface area contributed by atoms with Crippen molar-refractivity contribution >= 4 is 17.4 Å². The third kappa shape index (κ3) is 2.97. The van der Waals surface area contributed by atoms with Crippen molar-refractivity contribution in [1.82, 2.24) is 0 Å². The van der Waals surface area contributed by atoms with Crippen LogP contribution in [0.5, 0.6) is 11.5 Å². The lowest BCUT2D eigenvalue weighted by atomic mass is 10.0. The summed E-state index contributed by atoms with van der Waals surface area (Å²) in [4.78, 5) is 12.2. The summed E-state index contributed by atoms with van der Waals surface area (Å²) < 4.78 is 37.7. The van der Waals surface area contributed by atoms with Crippen LogP contribution in [0.2, 0.25) is 5.02 Å². The SMILES string of the molecule is COc1cc(F)c(C(=O)c2ccc(Cl)cc2F)cc1OC. The maximum absolute atomic E-state index is 14.0. The Kier molecular flexibility index (Phi) is 4.43. The normalized spacial score (nSPS) is 10.3. The van der Waals surface area contributed by atoms with E-state index in [9.17, 15) is 13.6 Å². The van der Waals surface area contributed by atoms with Gasteiger partial charge in [0.05, 0.1) is 25.3 Å². The molecule has 0 fully saturated rings. The third-order valence-corrected chi connectivity index (χ3v) is 3.13. The molecule has 0 unspecified atom stereocenters. The molecule has 6 heteroatoms. The van der Waals surface area contributed by atoms with Crippen molar-refractivity contribution in [2.45, 2.75) is 0 Å². The number of rotatable bonds is 4. The first-order chi connectivity index (χ1) is 9.97. The van der Waals surface area contributed by atoms with Crippen LogP contribution in [0.3, 0.4) is 0 Å². The highest BCUT2D eigenvalue weighted by molar-refractivity contribution is 6.30. The number of carbonyl (C=O) groups is 1. The summed E-state index contributed by atoms with van der Waals surface area (Å²) in [6.07, 6.45) is 0. The van der Waals surface area contributed by atoms with Gasteiger partial charge in [-0.15, -0.1) is 0 Å². The highest BCUT2D eigenvalue weighted by atomic mass is 35.5. The molecule has 3 nitrogen and oxygen atoms in total. The summed E-state index contributed by atoms with van der Waals surface area (Å²) in [5, 5.41) is 0.150.